The average Bonchev–Trinajstić information content (AvgIpc) is 3.41. The Balaban J connectivity index is 1.67. The number of aryl methyl sites for hydroxylation is 1. The summed E-state index contributed by atoms with van der Waals surface area (Å²) >= 11 is 3.33. The van der Waals surface area contributed by atoms with Crippen LogP contribution in [0.1, 0.15) is 20.8 Å². The van der Waals surface area contributed by atoms with Crippen molar-refractivity contribution in [1.29, 1.82) is 0 Å². The van der Waals surface area contributed by atoms with Gasteiger partial charge in [0.1, 0.15) is 17.1 Å². The van der Waals surface area contributed by atoms with Crippen LogP contribution in [0.5, 0.6) is 5.75 Å². The van der Waals surface area contributed by atoms with Crippen LogP contribution in [0.15, 0.2) is 77.5 Å². The molecule has 4 rings (SSSR count). The Labute approximate surface area is 192 Å². The van der Waals surface area contributed by atoms with Gasteiger partial charge in [0.15, 0.2) is 0 Å². The SMILES string of the molecule is COc1ccccc1-c1nn(-c2ccccc2)cc1C(=O)NNC(=O)c1cc(Br)cn1C. The van der Waals surface area contributed by atoms with E-state index in [1.807, 2.05) is 48.5 Å². The van der Waals surface area contributed by atoms with E-state index >= 15 is 0 Å². The molecule has 0 unspecified atom stereocenters. The maximum absolute atomic E-state index is 13.1. The number of rotatable bonds is 5. The molecule has 0 aliphatic heterocycles. The van der Waals surface area contributed by atoms with Crippen molar-refractivity contribution in [2.75, 3.05) is 7.11 Å². The molecule has 4 aromatic rings. The van der Waals surface area contributed by atoms with E-state index in [0.717, 1.165) is 10.2 Å². The van der Waals surface area contributed by atoms with Crippen molar-refractivity contribution in [1.82, 2.24) is 25.2 Å². The minimum atomic E-state index is -0.505. The second-order valence-electron chi connectivity index (χ2n) is 6.93. The summed E-state index contributed by atoms with van der Waals surface area (Å²) in [7, 11) is 3.30. The van der Waals surface area contributed by atoms with Gasteiger partial charge in [0.2, 0.25) is 0 Å². The van der Waals surface area contributed by atoms with Gasteiger partial charge in [-0.3, -0.25) is 20.4 Å². The predicted molar refractivity (Wildman–Crippen MR) is 124 cm³/mol. The van der Waals surface area contributed by atoms with Crippen LogP contribution >= 0.6 is 15.9 Å². The van der Waals surface area contributed by atoms with Gasteiger partial charge in [0, 0.05) is 29.5 Å². The molecule has 2 heterocycles. The molecule has 0 fully saturated rings. The molecule has 0 saturated carbocycles. The zero-order valence-corrected chi connectivity index (χ0v) is 19.0. The molecule has 0 saturated heterocycles. The zero-order chi connectivity index (χ0) is 22.7. The summed E-state index contributed by atoms with van der Waals surface area (Å²) in [5.74, 6) is -0.367. The summed E-state index contributed by atoms with van der Waals surface area (Å²) in [4.78, 5) is 25.6. The minimum Gasteiger partial charge on any atom is -0.496 e. The van der Waals surface area contributed by atoms with Gasteiger partial charge in [-0.2, -0.15) is 5.10 Å². The zero-order valence-electron chi connectivity index (χ0n) is 17.4. The van der Waals surface area contributed by atoms with Crippen LogP contribution in [0.4, 0.5) is 0 Å². The van der Waals surface area contributed by atoms with E-state index in [0.29, 0.717) is 22.7 Å². The number of ether oxygens (including phenoxy) is 1. The second-order valence-corrected chi connectivity index (χ2v) is 7.85. The molecule has 0 bridgehead atoms. The maximum Gasteiger partial charge on any atom is 0.286 e. The summed E-state index contributed by atoms with van der Waals surface area (Å²) in [5.41, 5.74) is 7.50. The highest BCUT2D eigenvalue weighted by atomic mass is 79.9. The number of nitrogens with zero attached hydrogens (tertiary/aromatic N) is 3. The lowest BCUT2D eigenvalue weighted by atomic mass is 10.1. The molecule has 2 amide bonds. The fourth-order valence-electron chi connectivity index (χ4n) is 3.29. The molecule has 8 nitrogen and oxygen atoms in total. The van der Waals surface area contributed by atoms with Crippen molar-refractivity contribution in [3.8, 4) is 22.7 Å². The highest BCUT2D eigenvalue weighted by molar-refractivity contribution is 9.10. The van der Waals surface area contributed by atoms with Crippen molar-refractivity contribution in [2.45, 2.75) is 0 Å². The summed E-state index contributed by atoms with van der Waals surface area (Å²) in [5, 5.41) is 4.64. The summed E-state index contributed by atoms with van der Waals surface area (Å²) in [6.45, 7) is 0. The molecular weight excluding hydrogens is 474 g/mol. The van der Waals surface area contributed by atoms with Gasteiger partial charge >= 0.3 is 0 Å². The van der Waals surface area contributed by atoms with Crippen LogP contribution in [0, 0.1) is 0 Å². The van der Waals surface area contributed by atoms with Crippen molar-refractivity contribution in [3.63, 3.8) is 0 Å². The normalized spacial score (nSPS) is 10.6. The van der Waals surface area contributed by atoms with Crippen LogP contribution in [0.3, 0.4) is 0 Å². The monoisotopic (exact) mass is 493 g/mol. The van der Waals surface area contributed by atoms with Gasteiger partial charge < -0.3 is 9.30 Å². The first kappa shape index (κ1) is 21.4. The van der Waals surface area contributed by atoms with E-state index in [2.05, 4.69) is 31.9 Å². The molecule has 0 atom stereocenters. The van der Waals surface area contributed by atoms with E-state index in [-0.39, 0.29) is 5.56 Å². The Morgan fingerprint density at radius 2 is 1.66 bits per heavy atom. The lowest BCUT2D eigenvalue weighted by molar-refractivity contribution is 0.0842. The third kappa shape index (κ3) is 4.28. The average molecular weight is 494 g/mol. The number of amides is 2. The lowest BCUT2D eigenvalue weighted by Crippen LogP contribution is -2.42. The Bertz CT molecular complexity index is 1280. The number of nitrogens with one attached hydrogen (secondary N) is 2. The fraction of sp³-hybridized carbons (Fsp3) is 0.0870. The smallest absolute Gasteiger partial charge is 0.286 e. The molecule has 0 aliphatic rings. The van der Waals surface area contributed by atoms with E-state index in [1.165, 1.54) is 0 Å². The van der Waals surface area contributed by atoms with E-state index in [9.17, 15) is 9.59 Å². The van der Waals surface area contributed by atoms with Crippen molar-refractivity contribution >= 4 is 27.7 Å². The molecule has 162 valence electrons. The molecule has 0 spiro atoms. The molecule has 2 N–H and O–H groups in total. The first-order chi connectivity index (χ1) is 15.5. The third-order valence-electron chi connectivity index (χ3n) is 4.84. The molecule has 2 aromatic carbocycles. The number of halogens is 1. The Morgan fingerprint density at radius 3 is 2.34 bits per heavy atom. The van der Waals surface area contributed by atoms with E-state index in [1.54, 1.807) is 47.9 Å². The summed E-state index contributed by atoms with van der Waals surface area (Å²) in [6.07, 6.45) is 3.37. The maximum atomic E-state index is 13.1. The van der Waals surface area contributed by atoms with Gasteiger partial charge in [-0.15, -0.1) is 0 Å². The first-order valence-corrected chi connectivity index (χ1v) is 10.5. The highest BCUT2D eigenvalue weighted by Gasteiger charge is 2.22. The lowest BCUT2D eigenvalue weighted by Gasteiger charge is -2.09. The second kappa shape index (κ2) is 9.11. The molecule has 32 heavy (non-hydrogen) atoms. The first-order valence-electron chi connectivity index (χ1n) is 9.69. The number of para-hydroxylation sites is 2. The third-order valence-corrected chi connectivity index (χ3v) is 5.27. The highest BCUT2D eigenvalue weighted by Crippen LogP contribution is 2.31. The van der Waals surface area contributed by atoms with Crippen LogP contribution < -0.4 is 15.6 Å². The van der Waals surface area contributed by atoms with Crippen LogP contribution in [-0.4, -0.2) is 33.3 Å². The van der Waals surface area contributed by atoms with Gasteiger partial charge in [-0.25, -0.2) is 4.68 Å². The van der Waals surface area contributed by atoms with Gasteiger partial charge in [0.25, 0.3) is 11.8 Å². The van der Waals surface area contributed by atoms with Crippen LogP contribution in [0.2, 0.25) is 0 Å². The number of carbonyl (C=O) groups is 2. The van der Waals surface area contributed by atoms with E-state index in [4.69, 9.17) is 4.74 Å². The van der Waals surface area contributed by atoms with Crippen LogP contribution in [0.25, 0.3) is 16.9 Å². The number of aromatic nitrogens is 3. The quantitative estimate of drug-likeness (QED) is 0.414. The van der Waals surface area contributed by atoms with Gasteiger partial charge in [-0.05, 0) is 46.3 Å². The molecule has 2 aromatic heterocycles. The van der Waals surface area contributed by atoms with Gasteiger partial charge in [-0.1, -0.05) is 30.3 Å². The number of methoxy groups -OCH3 is 1. The van der Waals surface area contributed by atoms with Crippen LogP contribution in [-0.2, 0) is 7.05 Å². The molecular formula is C23H20BrN5O3. The Hall–Kier alpha value is -3.85. The molecule has 9 heteroatoms. The standard InChI is InChI=1S/C23H20BrN5O3/c1-28-13-15(24)12-19(28)23(31)26-25-22(30)18-14-29(16-8-4-3-5-9-16)27-21(18)17-10-6-7-11-20(17)32-2/h3-14H,1-2H3,(H,25,30)(H,26,31). The number of hydrogen-bond donors (Lipinski definition) is 2. The topological polar surface area (TPSA) is 90.2 Å². The Kier molecular flexibility index (Phi) is 6.09. The van der Waals surface area contributed by atoms with E-state index < -0.39 is 11.8 Å². The summed E-state index contributed by atoms with van der Waals surface area (Å²) in [6, 6.07) is 18.4. The van der Waals surface area contributed by atoms with Gasteiger partial charge in [0.05, 0.1) is 18.4 Å². The number of hydrogen-bond acceptors (Lipinski definition) is 4. The summed E-state index contributed by atoms with van der Waals surface area (Å²) < 4.78 is 9.50. The van der Waals surface area contributed by atoms with Crippen molar-refractivity contribution in [2.24, 2.45) is 7.05 Å². The number of hydrazine groups is 1. The largest absolute Gasteiger partial charge is 0.496 e. The number of carbonyl (C=O) groups excluding carboxylic acids is 2. The Morgan fingerprint density at radius 1 is 0.969 bits per heavy atom. The fourth-order valence-corrected chi connectivity index (χ4v) is 3.81. The molecule has 0 aliphatic carbocycles. The number of benzene rings is 2. The minimum absolute atomic E-state index is 0.284. The van der Waals surface area contributed by atoms with Crippen molar-refractivity contribution < 1.29 is 14.3 Å². The van der Waals surface area contributed by atoms with Crippen molar-refractivity contribution in [3.05, 3.63) is 88.8 Å². The molecule has 0 radical (unpaired) electrons. The predicted octanol–water partition coefficient (Wildman–Crippen LogP) is 3.72.